The number of halogens is 2. The molecule has 1 saturated carbocycles. The van der Waals surface area contributed by atoms with Crippen LogP contribution in [-0.2, 0) is 4.79 Å². The van der Waals surface area contributed by atoms with Crippen molar-refractivity contribution in [1.29, 1.82) is 0 Å². The second kappa shape index (κ2) is 11.2. The molecule has 4 N–H and O–H groups in total. The highest BCUT2D eigenvalue weighted by Crippen LogP contribution is 2.40. The monoisotopic (exact) mass is 538 g/mol. The average molecular weight is 539 g/mol. The second-order valence-corrected chi connectivity index (χ2v) is 9.59. The number of anilines is 1. The van der Waals surface area contributed by atoms with E-state index in [1.165, 1.54) is 54.5 Å². The summed E-state index contributed by atoms with van der Waals surface area (Å²) in [6, 6.07) is 2.88. The fraction of sp³-hybridized carbons (Fsp3) is 0.320. The molecule has 10 nitrogen and oxygen atoms in total. The highest BCUT2D eigenvalue weighted by molar-refractivity contribution is 8.14. The summed E-state index contributed by atoms with van der Waals surface area (Å²) in [5.41, 5.74) is 12.5. The Morgan fingerprint density at radius 2 is 2.11 bits per heavy atom. The van der Waals surface area contributed by atoms with Gasteiger partial charge in [-0.3, -0.25) is 25.1 Å². The summed E-state index contributed by atoms with van der Waals surface area (Å²) in [5.74, 6) is 7.06. The molecule has 1 aliphatic carbocycles. The molecular formula is C25H24F2N8O2S. The topological polar surface area (TPSA) is 130 Å². The lowest BCUT2D eigenvalue weighted by molar-refractivity contribution is -0.112. The second-order valence-electron chi connectivity index (χ2n) is 8.50. The number of methoxy groups -OCH3 is 1. The molecule has 2 aromatic rings. The maximum Gasteiger partial charge on any atom is 0.280 e. The van der Waals surface area contributed by atoms with Crippen molar-refractivity contribution in [3.05, 3.63) is 42.5 Å². The summed E-state index contributed by atoms with van der Waals surface area (Å²) in [6.45, 7) is 0.648. The lowest BCUT2D eigenvalue weighted by Gasteiger charge is -2.25. The van der Waals surface area contributed by atoms with Gasteiger partial charge in [0.25, 0.3) is 12.3 Å². The van der Waals surface area contributed by atoms with Gasteiger partial charge in [0, 0.05) is 23.6 Å². The number of aliphatic imine (C=N–C) groups is 2. The van der Waals surface area contributed by atoms with E-state index >= 15 is 0 Å². The zero-order valence-corrected chi connectivity index (χ0v) is 21.1. The van der Waals surface area contributed by atoms with Crippen LogP contribution in [-0.4, -0.2) is 52.3 Å². The standard InChI is InChI=1S/C25H24F2N8O2S/c1-37-20-13-30-18(23(26)27)10-16(20)15-11-21(35-9-8-29-17(6-7-28)24(35)36)31-12-19(15)32-25-34-33-22(38-25)5-4-14-2-3-14/h6-7,10-14,22-23,33H,2-3,8-9,28H2,1H3,(H,32,34)/b7-6-. The summed E-state index contributed by atoms with van der Waals surface area (Å²) >= 11 is 1.40. The van der Waals surface area contributed by atoms with Crippen molar-refractivity contribution in [2.75, 3.05) is 25.1 Å². The molecule has 5 rings (SSSR count). The number of hydrogen-bond acceptors (Lipinski definition) is 9. The molecule has 3 aliphatic rings. The molecule has 1 saturated heterocycles. The number of thioether (sulfide) groups is 1. The van der Waals surface area contributed by atoms with Crippen LogP contribution in [0.25, 0.3) is 11.1 Å². The van der Waals surface area contributed by atoms with Gasteiger partial charge in [0.2, 0.25) is 0 Å². The van der Waals surface area contributed by atoms with Crippen LogP contribution in [0.3, 0.4) is 0 Å². The number of carbonyl (C=O) groups excluding carboxylic acids is 1. The number of amides is 1. The van der Waals surface area contributed by atoms with Gasteiger partial charge in [-0.15, -0.1) is 0 Å². The fourth-order valence-electron chi connectivity index (χ4n) is 3.80. The Labute approximate surface area is 221 Å². The highest BCUT2D eigenvalue weighted by atomic mass is 32.2. The van der Waals surface area contributed by atoms with E-state index in [0.717, 1.165) is 12.8 Å². The van der Waals surface area contributed by atoms with Gasteiger partial charge in [0.15, 0.2) is 5.17 Å². The predicted molar refractivity (Wildman–Crippen MR) is 142 cm³/mol. The summed E-state index contributed by atoms with van der Waals surface area (Å²) in [6.07, 6.45) is 4.87. The Kier molecular flexibility index (Phi) is 7.52. The highest BCUT2D eigenvalue weighted by Gasteiger charge is 2.27. The van der Waals surface area contributed by atoms with Crippen molar-refractivity contribution in [1.82, 2.24) is 20.8 Å². The van der Waals surface area contributed by atoms with Crippen LogP contribution in [0.4, 0.5) is 20.3 Å². The van der Waals surface area contributed by atoms with Gasteiger partial charge in [0.05, 0.1) is 31.7 Å². The minimum absolute atomic E-state index is 0.176. The van der Waals surface area contributed by atoms with E-state index in [1.54, 1.807) is 6.07 Å². The number of aromatic nitrogens is 2. The number of pyridine rings is 2. The Hall–Kier alpha value is -4.02. The van der Waals surface area contributed by atoms with Crippen molar-refractivity contribution in [2.45, 2.75) is 24.6 Å². The largest absolute Gasteiger partial charge is 0.494 e. The van der Waals surface area contributed by atoms with E-state index in [9.17, 15) is 13.6 Å². The minimum Gasteiger partial charge on any atom is -0.494 e. The van der Waals surface area contributed by atoms with E-state index in [1.807, 2.05) is 0 Å². The molecule has 2 aromatic heterocycles. The Bertz CT molecular complexity index is 1400. The number of amidine groups is 1. The number of hydrazine groups is 1. The van der Waals surface area contributed by atoms with Crippen molar-refractivity contribution in [2.24, 2.45) is 21.6 Å². The van der Waals surface area contributed by atoms with Crippen LogP contribution in [0, 0.1) is 17.8 Å². The smallest absolute Gasteiger partial charge is 0.280 e. The maximum absolute atomic E-state index is 13.6. The molecule has 1 amide bonds. The normalized spacial score (nSPS) is 20.5. The molecule has 2 fully saturated rings. The molecule has 13 heteroatoms. The summed E-state index contributed by atoms with van der Waals surface area (Å²) in [5, 5.41) is 0.361. The Balaban J connectivity index is 1.56. The van der Waals surface area contributed by atoms with E-state index in [0.29, 0.717) is 46.8 Å². The number of carbonyl (C=O) groups is 1. The van der Waals surface area contributed by atoms with Crippen LogP contribution in [0.15, 0.2) is 46.8 Å². The molecule has 38 heavy (non-hydrogen) atoms. The number of rotatable bonds is 6. The van der Waals surface area contributed by atoms with E-state index in [2.05, 4.69) is 42.6 Å². The van der Waals surface area contributed by atoms with Crippen LogP contribution in [0.2, 0.25) is 0 Å². The van der Waals surface area contributed by atoms with Crippen molar-refractivity contribution >= 4 is 40.1 Å². The van der Waals surface area contributed by atoms with Gasteiger partial charge < -0.3 is 10.5 Å². The molecule has 0 aromatic carbocycles. The van der Waals surface area contributed by atoms with Crippen molar-refractivity contribution in [3.63, 3.8) is 0 Å². The number of hydrogen-bond donors (Lipinski definition) is 3. The van der Waals surface area contributed by atoms with Crippen LogP contribution in [0.5, 0.6) is 5.75 Å². The number of nitrogens with one attached hydrogen (secondary N) is 2. The van der Waals surface area contributed by atoms with Gasteiger partial charge in [-0.05, 0) is 37.3 Å². The minimum atomic E-state index is -2.79. The SMILES string of the molecule is COc1cnc(C(F)F)cc1-c1cc(N2CCN=C(/C=C\N)C2=O)ncc1N=C1NNC(C#CC2CC2)S1. The first-order valence-corrected chi connectivity index (χ1v) is 12.7. The van der Waals surface area contributed by atoms with Gasteiger partial charge in [-0.25, -0.2) is 24.2 Å². The zero-order chi connectivity index (χ0) is 26.6. The summed E-state index contributed by atoms with van der Waals surface area (Å²) in [4.78, 5) is 31.6. The van der Waals surface area contributed by atoms with Gasteiger partial charge in [0.1, 0.15) is 28.3 Å². The lowest BCUT2D eigenvalue weighted by Crippen LogP contribution is -2.42. The fourth-order valence-corrected chi connectivity index (χ4v) is 4.54. The first-order chi connectivity index (χ1) is 18.5. The van der Waals surface area contributed by atoms with Crippen LogP contribution in [0.1, 0.15) is 25.0 Å². The maximum atomic E-state index is 13.6. The lowest BCUT2D eigenvalue weighted by atomic mass is 10.0. The first-order valence-electron chi connectivity index (χ1n) is 11.8. The summed E-state index contributed by atoms with van der Waals surface area (Å²) in [7, 11) is 1.42. The summed E-state index contributed by atoms with van der Waals surface area (Å²) < 4.78 is 32.6. The molecule has 196 valence electrons. The molecule has 4 heterocycles. The zero-order valence-electron chi connectivity index (χ0n) is 20.3. The van der Waals surface area contributed by atoms with Crippen molar-refractivity contribution < 1.29 is 18.3 Å². The van der Waals surface area contributed by atoms with Gasteiger partial charge in [-0.1, -0.05) is 23.6 Å². The molecule has 1 unspecified atom stereocenters. The molecule has 0 radical (unpaired) electrons. The van der Waals surface area contributed by atoms with Gasteiger partial charge in [-0.2, -0.15) is 0 Å². The van der Waals surface area contributed by atoms with Crippen LogP contribution < -0.4 is 26.2 Å². The number of nitrogens with two attached hydrogens (primary N) is 1. The number of nitrogens with zero attached hydrogens (tertiary/aromatic N) is 5. The van der Waals surface area contributed by atoms with Crippen LogP contribution >= 0.6 is 11.8 Å². The van der Waals surface area contributed by atoms with Crippen molar-refractivity contribution in [3.8, 4) is 28.7 Å². The van der Waals surface area contributed by atoms with Gasteiger partial charge >= 0.3 is 0 Å². The molecule has 0 spiro atoms. The third-order valence-electron chi connectivity index (χ3n) is 5.85. The quantitative estimate of drug-likeness (QED) is 0.479. The number of alkyl halides is 2. The molecule has 1 atom stereocenters. The predicted octanol–water partition coefficient (Wildman–Crippen LogP) is 2.92. The molecular weight excluding hydrogens is 514 g/mol. The Morgan fingerprint density at radius 3 is 2.84 bits per heavy atom. The molecule has 0 bridgehead atoms. The van der Waals surface area contributed by atoms with E-state index in [4.69, 9.17) is 10.5 Å². The Morgan fingerprint density at radius 1 is 1.26 bits per heavy atom. The number of ether oxygens (including phenoxy) is 1. The first kappa shape index (κ1) is 25.6. The molecule has 2 aliphatic heterocycles. The van der Waals surface area contributed by atoms with E-state index in [-0.39, 0.29) is 22.7 Å². The average Bonchev–Trinajstić information content (AvgIpc) is 3.66. The van der Waals surface area contributed by atoms with E-state index < -0.39 is 12.1 Å². The third-order valence-corrected chi connectivity index (χ3v) is 6.74. The third kappa shape index (κ3) is 5.61.